The van der Waals surface area contributed by atoms with E-state index in [2.05, 4.69) is 10.3 Å². The van der Waals surface area contributed by atoms with Gasteiger partial charge in [-0.2, -0.15) is 0 Å². The van der Waals surface area contributed by atoms with Gasteiger partial charge in [-0.25, -0.2) is 0 Å². The first-order valence-corrected chi connectivity index (χ1v) is 12.3. The zero-order valence-corrected chi connectivity index (χ0v) is 18.5. The lowest BCUT2D eigenvalue weighted by Gasteiger charge is -2.37. The van der Waals surface area contributed by atoms with Crippen LogP contribution in [-0.4, -0.2) is 44.4 Å². The van der Waals surface area contributed by atoms with Crippen molar-refractivity contribution in [2.75, 3.05) is 0 Å². The Hall–Kier alpha value is -2.28. The van der Waals surface area contributed by atoms with Crippen molar-refractivity contribution in [3.05, 3.63) is 30.1 Å². The summed E-state index contributed by atoms with van der Waals surface area (Å²) >= 11 is 0. The number of nitrogens with zero attached hydrogens (tertiary/aromatic N) is 2. The van der Waals surface area contributed by atoms with Crippen LogP contribution in [0.25, 0.3) is 0 Å². The molecule has 0 spiro atoms. The zero-order chi connectivity index (χ0) is 22.3. The van der Waals surface area contributed by atoms with E-state index >= 15 is 0 Å². The third kappa shape index (κ3) is 3.45. The predicted molar refractivity (Wildman–Crippen MR) is 117 cm³/mol. The molecule has 32 heavy (non-hydrogen) atoms. The zero-order valence-electron chi connectivity index (χ0n) is 18.5. The summed E-state index contributed by atoms with van der Waals surface area (Å²) in [7, 11) is 0. The molecule has 2 aliphatic heterocycles. The SMILES string of the molecule is O=C1C2C(c3ccccn3)NC(CC3CCCCC3)(C(=O)O)C2C(=O)N1C1CCCCC1. The highest BCUT2D eigenvalue weighted by Crippen LogP contribution is 2.52. The first-order chi connectivity index (χ1) is 15.5. The maximum absolute atomic E-state index is 13.8. The number of nitrogens with one attached hydrogen (secondary N) is 1. The molecule has 2 amide bonds. The predicted octanol–water partition coefficient (Wildman–Crippen LogP) is 3.45. The third-order valence-corrected chi connectivity index (χ3v) is 8.35. The summed E-state index contributed by atoms with van der Waals surface area (Å²) in [5.41, 5.74) is -0.786. The van der Waals surface area contributed by atoms with Crippen molar-refractivity contribution >= 4 is 17.8 Å². The van der Waals surface area contributed by atoms with Crippen molar-refractivity contribution in [2.45, 2.75) is 88.3 Å². The standard InChI is InChI=1S/C25H33N3O4/c29-22-19-20(23(30)28(22)17-11-5-2-6-12-17)25(24(31)32,15-16-9-3-1-4-10-16)27-21(19)18-13-7-8-14-26-18/h7-8,13-14,16-17,19-21,27H,1-6,9-12,15H2,(H,31,32). The summed E-state index contributed by atoms with van der Waals surface area (Å²) in [5, 5.41) is 13.9. The number of rotatable bonds is 5. The fourth-order valence-corrected chi connectivity index (χ4v) is 6.86. The number of carbonyl (C=O) groups is 3. The minimum atomic E-state index is -1.43. The third-order valence-electron chi connectivity index (χ3n) is 8.35. The topological polar surface area (TPSA) is 99.6 Å². The Labute approximate surface area is 189 Å². The van der Waals surface area contributed by atoms with Gasteiger partial charge in [0.05, 0.1) is 23.6 Å². The lowest BCUT2D eigenvalue weighted by atomic mass is 9.72. The molecule has 1 aromatic rings. The van der Waals surface area contributed by atoms with Gasteiger partial charge >= 0.3 is 5.97 Å². The molecule has 7 heteroatoms. The van der Waals surface area contributed by atoms with Gasteiger partial charge in [-0.05, 0) is 37.3 Å². The van der Waals surface area contributed by atoms with Crippen molar-refractivity contribution in [1.82, 2.24) is 15.2 Å². The first-order valence-electron chi connectivity index (χ1n) is 12.3. The number of amides is 2. The normalized spacial score (nSPS) is 34.1. The Balaban J connectivity index is 1.56. The fraction of sp³-hybridized carbons (Fsp3) is 0.680. The number of carbonyl (C=O) groups excluding carboxylic acids is 2. The number of imide groups is 1. The molecular formula is C25H33N3O4. The molecule has 2 saturated heterocycles. The molecule has 4 fully saturated rings. The van der Waals surface area contributed by atoms with E-state index in [1.165, 1.54) is 11.3 Å². The van der Waals surface area contributed by atoms with Crippen LogP contribution in [0.2, 0.25) is 0 Å². The first kappa shape index (κ1) is 21.6. The van der Waals surface area contributed by atoms with Gasteiger partial charge in [-0.15, -0.1) is 0 Å². The highest BCUT2D eigenvalue weighted by Gasteiger charge is 2.69. The van der Waals surface area contributed by atoms with Crippen molar-refractivity contribution in [3.63, 3.8) is 0 Å². The molecule has 1 aromatic heterocycles. The van der Waals surface area contributed by atoms with Crippen LogP contribution in [0.3, 0.4) is 0 Å². The molecule has 2 saturated carbocycles. The summed E-state index contributed by atoms with van der Waals surface area (Å²) in [6.45, 7) is 0. The highest BCUT2D eigenvalue weighted by molar-refractivity contribution is 6.09. The Kier molecular flexibility index (Phi) is 5.78. The van der Waals surface area contributed by atoms with E-state index in [1.54, 1.807) is 12.3 Å². The maximum Gasteiger partial charge on any atom is 0.324 e. The molecule has 2 N–H and O–H groups in total. The van der Waals surface area contributed by atoms with Crippen LogP contribution in [0.4, 0.5) is 0 Å². The van der Waals surface area contributed by atoms with E-state index in [0.717, 1.165) is 57.8 Å². The van der Waals surface area contributed by atoms with E-state index in [4.69, 9.17) is 0 Å². The van der Waals surface area contributed by atoms with E-state index < -0.39 is 29.4 Å². The number of carboxylic acid groups (broad SMARTS) is 1. The monoisotopic (exact) mass is 439 g/mol. The van der Waals surface area contributed by atoms with Crippen molar-refractivity contribution in [1.29, 1.82) is 0 Å². The van der Waals surface area contributed by atoms with Gasteiger partial charge in [0, 0.05) is 12.2 Å². The molecule has 2 aliphatic carbocycles. The Morgan fingerprint density at radius 2 is 1.72 bits per heavy atom. The Bertz CT molecular complexity index is 878. The molecule has 4 aliphatic rings. The van der Waals surface area contributed by atoms with Gasteiger partial charge in [0.15, 0.2) is 0 Å². The second-order valence-electron chi connectivity index (χ2n) is 10.2. The van der Waals surface area contributed by atoms with Crippen LogP contribution in [0.15, 0.2) is 24.4 Å². The van der Waals surface area contributed by atoms with Crippen molar-refractivity contribution in [3.8, 4) is 0 Å². The minimum Gasteiger partial charge on any atom is -0.480 e. The average Bonchev–Trinajstić information content (AvgIpc) is 3.30. The Morgan fingerprint density at radius 3 is 2.34 bits per heavy atom. The number of hydrogen-bond donors (Lipinski definition) is 2. The molecule has 172 valence electrons. The summed E-state index contributed by atoms with van der Waals surface area (Å²) in [6, 6.07) is 4.82. The van der Waals surface area contributed by atoms with Crippen LogP contribution < -0.4 is 5.32 Å². The number of likely N-dealkylation sites (tertiary alicyclic amines) is 1. The van der Waals surface area contributed by atoms with Gasteiger partial charge < -0.3 is 5.11 Å². The lowest BCUT2D eigenvalue weighted by Crippen LogP contribution is -2.57. The smallest absolute Gasteiger partial charge is 0.324 e. The summed E-state index contributed by atoms with van der Waals surface area (Å²) < 4.78 is 0. The molecule has 0 aromatic carbocycles. The second-order valence-corrected chi connectivity index (χ2v) is 10.2. The fourth-order valence-electron chi connectivity index (χ4n) is 6.86. The number of carboxylic acids is 1. The van der Waals surface area contributed by atoms with E-state index in [0.29, 0.717) is 12.1 Å². The minimum absolute atomic E-state index is 0.0973. The van der Waals surface area contributed by atoms with Gasteiger partial charge in [0.2, 0.25) is 11.8 Å². The van der Waals surface area contributed by atoms with Gasteiger partial charge in [-0.1, -0.05) is 57.4 Å². The van der Waals surface area contributed by atoms with Crippen LogP contribution in [0, 0.1) is 17.8 Å². The molecular weight excluding hydrogens is 406 g/mol. The molecule has 4 unspecified atom stereocenters. The summed E-state index contributed by atoms with van der Waals surface area (Å²) in [6.07, 6.45) is 12.2. The van der Waals surface area contributed by atoms with E-state index in [-0.39, 0.29) is 23.8 Å². The van der Waals surface area contributed by atoms with Gasteiger partial charge in [0.25, 0.3) is 0 Å². The number of aromatic nitrogens is 1. The number of fused-ring (bicyclic) bond motifs is 1. The largest absolute Gasteiger partial charge is 0.480 e. The van der Waals surface area contributed by atoms with E-state index in [9.17, 15) is 19.5 Å². The van der Waals surface area contributed by atoms with Crippen LogP contribution in [0.1, 0.15) is 82.4 Å². The summed E-state index contributed by atoms with van der Waals surface area (Å²) in [4.78, 5) is 46.3. The average molecular weight is 440 g/mol. The number of hydrogen-bond acceptors (Lipinski definition) is 5. The number of pyridine rings is 1. The van der Waals surface area contributed by atoms with Crippen LogP contribution in [0.5, 0.6) is 0 Å². The highest BCUT2D eigenvalue weighted by atomic mass is 16.4. The molecule has 0 radical (unpaired) electrons. The Morgan fingerprint density at radius 1 is 1.03 bits per heavy atom. The van der Waals surface area contributed by atoms with Crippen LogP contribution >= 0.6 is 0 Å². The second kappa shape index (κ2) is 8.58. The van der Waals surface area contributed by atoms with Gasteiger partial charge in [-0.3, -0.25) is 29.6 Å². The maximum atomic E-state index is 13.8. The van der Waals surface area contributed by atoms with Gasteiger partial charge in [0.1, 0.15) is 5.54 Å². The quantitative estimate of drug-likeness (QED) is 0.682. The summed E-state index contributed by atoms with van der Waals surface area (Å²) in [5.74, 6) is -2.83. The number of aliphatic carboxylic acids is 1. The lowest BCUT2D eigenvalue weighted by molar-refractivity contribution is -0.153. The van der Waals surface area contributed by atoms with E-state index in [1.807, 2.05) is 12.1 Å². The molecule has 7 nitrogen and oxygen atoms in total. The van der Waals surface area contributed by atoms with Crippen molar-refractivity contribution < 1.29 is 19.5 Å². The molecule has 4 atom stereocenters. The molecule has 3 heterocycles. The molecule has 5 rings (SSSR count). The van der Waals surface area contributed by atoms with Crippen LogP contribution in [-0.2, 0) is 14.4 Å². The van der Waals surface area contributed by atoms with Crippen molar-refractivity contribution in [2.24, 2.45) is 17.8 Å². The molecule has 0 bridgehead atoms.